The van der Waals surface area contributed by atoms with Gasteiger partial charge in [0.15, 0.2) is 5.96 Å². The zero-order chi connectivity index (χ0) is 17.4. The maximum atomic E-state index is 11.6. The molecule has 0 spiro atoms. The number of ether oxygens (including phenoxy) is 1. The first kappa shape index (κ1) is 21.8. The van der Waals surface area contributed by atoms with Crippen LogP contribution >= 0.6 is 35.6 Å². The summed E-state index contributed by atoms with van der Waals surface area (Å²) in [4.78, 5) is 16.1. The van der Waals surface area contributed by atoms with Crippen molar-refractivity contribution in [3.05, 3.63) is 28.8 Å². The smallest absolute Gasteiger partial charge is 0.223 e. The fourth-order valence-corrected chi connectivity index (χ4v) is 2.37. The number of carbonyl (C=O) groups excluding carboxylic acids is 1. The van der Waals surface area contributed by atoms with Crippen molar-refractivity contribution >= 4 is 47.4 Å². The molecule has 0 radical (unpaired) electrons. The predicted octanol–water partition coefficient (Wildman–Crippen LogP) is 2.55. The summed E-state index contributed by atoms with van der Waals surface area (Å²) in [5, 5.41) is 9.95. The number of nitrogens with one attached hydrogen (secondary N) is 3. The van der Waals surface area contributed by atoms with Crippen LogP contribution in [0.1, 0.15) is 25.3 Å². The largest absolute Gasteiger partial charge is 0.496 e. The lowest BCUT2D eigenvalue weighted by Crippen LogP contribution is -2.41. The van der Waals surface area contributed by atoms with Crippen molar-refractivity contribution < 1.29 is 9.53 Å². The van der Waals surface area contributed by atoms with Gasteiger partial charge in [-0.1, -0.05) is 17.7 Å². The first-order valence-electron chi connectivity index (χ1n) is 8.26. The van der Waals surface area contributed by atoms with Gasteiger partial charge in [-0.3, -0.25) is 4.79 Å². The first-order valence-corrected chi connectivity index (χ1v) is 8.64. The van der Waals surface area contributed by atoms with E-state index in [4.69, 9.17) is 16.3 Å². The summed E-state index contributed by atoms with van der Waals surface area (Å²) in [6, 6.07) is 5.51. The third-order valence-corrected chi connectivity index (χ3v) is 3.90. The molecule has 0 aromatic heterocycles. The fraction of sp³-hybridized carbons (Fsp3) is 0.529. The second-order valence-electron chi connectivity index (χ2n) is 5.64. The molecule has 8 heteroatoms. The van der Waals surface area contributed by atoms with Crippen LogP contribution in [-0.4, -0.2) is 38.6 Å². The standard InChI is InChI=1S/C17H25ClN4O2.HI/c1-3-19-17(21-9-8-20-16(23)12-4-5-12)22-11-13-6-7-14(18)10-15(13)24-2;/h6-7,10,12H,3-5,8-9,11H2,1-2H3,(H,20,23)(H2,19,21,22);1H. The van der Waals surface area contributed by atoms with Crippen LogP contribution in [0.15, 0.2) is 23.2 Å². The van der Waals surface area contributed by atoms with E-state index in [9.17, 15) is 4.79 Å². The Kier molecular flexibility index (Phi) is 9.96. The van der Waals surface area contributed by atoms with E-state index in [0.717, 1.165) is 30.7 Å². The van der Waals surface area contributed by atoms with Crippen molar-refractivity contribution in [1.29, 1.82) is 0 Å². The SMILES string of the molecule is CCNC(=NCc1ccc(Cl)cc1OC)NCCNC(=O)C1CC1.I. The highest BCUT2D eigenvalue weighted by Crippen LogP contribution is 2.28. The first-order chi connectivity index (χ1) is 11.6. The molecule has 0 unspecified atom stereocenters. The van der Waals surface area contributed by atoms with Gasteiger partial charge in [-0.2, -0.15) is 0 Å². The summed E-state index contributed by atoms with van der Waals surface area (Å²) in [5.41, 5.74) is 0.959. The summed E-state index contributed by atoms with van der Waals surface area (Å²) >= 11 is 5.97. The van der Waals surface area contributed by atoms with Crippen LogP contribution < -0.4 is 20.7 Å². The van der Waals surface area contributed by atoms with E-state index >= 15 is 0 Å². The van der Waals surface area contributed by atoms with E-state index < -0.39 is 0 Å². The lowest BCUT2D eigenvalue weighted by Gasteiger charge is -2.12. The van der Waals surface area contributed by atoms with Crippen molar-refractivity contribution in [2.75, 3.05) is 26.7 Å². The van der Waals surface area contributed by atoms with Crippen LogP contribution in [0.5, 0.6) is 5.75 Å². The van der Waals surface area contributed by atoms with Gasteiger partial charge in [0.2, 0.25) is 5.91 Å². The Morgan fingerprint density at radius 3 is 2.64 bits per heavy atom. The van der Waals surface area contributed by atoms with Crippen molar-refractivity contribution in [3.63, 3.8) is 0 Å². The van der Waals surface area contributed by atoms with E-state index in [1.165, 1.54) is 0 Å². The summed E-state index contributed by atoms with van der Waals surface area (Å²) in [6.07, 6.45) is 2.04. The Morgan fingerprint density at radius 2 is 2.00 bits per heavy atom. The van der Waals surface area contributed by atoms with Gasteiger partial charge in [0.1, 0.15) is 5.75 Å². The Bertz CT molecular complexity index is 594. The molecular weight excluding hydrogens is 455 g/mol. The van der Waals surface area contributed by atoms with Gasteiger partial charge in [0.05, 0.1) is 13.7 Å². The minimum atomic E-state index is 0. The summed E-state index contributed by atoms with van der Waals surface area (Å²) in [7, 11) is 1.62. The second kappa shape index (κ2) is 11.4. The number of carbonyl (C=O) groups is 1. The van der Waals surface area contributed by atoms with Gasteiger partial charge < -0.3 is 20.7 Å². The molecule has 1 aromatic carbocycles. The van der Waals surface area contributed by atoms with Crippen LogP contribution in [0.4, 0.5) is 0 Å². The average Bonchev–Trinajstić information content (AvgIpc) is 3.41. The molecule has 2 rings (SSSR count). The Hall–Kier alpha value is -1.22. The normalized spacial score (nSPS) is 13.6. The van der Waals surface area contributed by atoms with Crippen LogP contribution in [0.2, 0.25) is 5.02 Å². The highest BCUT2D eigenvalue weighted by molar-refractivity contribution is 14.0. The van der Waals surface area contributed by atoms with Gasteiger partial charge in [-0.25, -0.2) is 4.99 Å². The highest BCUT2D eigenvalue weighted by Gasteiger charge is 2.28. The molecule has 0 aliphatic heterocycles. The molecule has 0 saturated heterocycles. The molecule has 6 nitrogen and oxygen atoms in total. The van der Waals surface area contributed by atoms with E-state index in [2.05, 4.69) is 20.9 Å². The molecule has 140 valence electrons. The molecule has 1 aromatic rings. The molecule has 1 fully saturated rings. The monoisotopic (exact) mass is 480 g/mol. The minimum Gasteiger partial charge on any atom is -0.496 e. The summed E-state index contributed by atoms with van der Waals surface area (Å²) < 4.78 is 5.33. The van der Waals surface area contributed by atoms with Crippen LogP contribution in [-0.2, 0) is 11.3 Å². The lowest BCUT2D eigenvalue weighted by atomic mass is 10.2. The maximum absolute atomic E-state index is 11.6. The van der Waals surface area contributed by atoms with Crippen LogP contribution in [0.25, 0.3) is 0 Å². The molecule has 3 N–H and O–H groups in total. The number of nitrogens with zero attached hydrogens (tertiary/aromatic N) is 1. The zero-order valence-corrected chi connectivity index (χ0v) is 17.7. The fourth-order valence-electron chi connectivity index (χ4n) is 2.21. The van der Waals surface area contributed by atoms with Crippen molar-refractivity contribution in [2.45, 2.75) is 26.3 Å². The van der Waals surface area contributed by atoms with Crippen LogP contribution in [0, 0.1) is 5.92 Å². The number of benzene rings is 1. The highest BCUT2D eigenvalue weighted by atomic mass is 127. The summed E-state index contributed by atoms with van der Waals surface area (Å²) in [5.74, 6) is 1.82. The van der Waals surface area contributed by atoms with E-state index in [0.29, 0.717) is 30.6 Å². The van der Waals surface area contributed by atoms with Gasteiger partial charge in [0, 0.05) is 36.1 Å². The topological polar surface area (TPSA) is 74.8 Å². The van der Waals surface area contributed by atoms with E-state index in [1.54, 1.807) is 13.2 Å². The third-order valence-electron chi connectivity index (χ3n) is 3.67. The third kappa shape index (κ3) is 7.68. The number of guanidine groups is 1. The Labute approximate surface area is 171 Å². The molecule has 0 heterocycles. The van der Waals surface area contributed by atoms with E-state index in [-0.39, 0.29) is 35.8 Å². The summed E-state index contributed by atoms with van der Waals surface area (Å²) in [6.45, 7) is 4.46. The van der Waals surface area contributed by atoms with E-state index in [1.807, 2.05) is 19.1 Å². The Balaban J connectivity index is 0.00000312. The zero-order valence-electron chi connectivity index (χ0n) is 14.6. The molecule has 1 aliphatic rings. The quantitative estimate of drug-likeness (QED) is 0.231. The number of methoxy groups -OCH3 is 1. The minimum absolute atomic E-state index is 0. The molecular formula is C17H26ClIN4O2. The van der Waals surface area contributed by atoms with Crippen molar-refractivity contribution in [2.24, 2.45) is 10.9 Å². The van der Waals surface area contributed by atoms with Gasteiger partial charge >= 0.3 is 0 Å². The molecule has 0 atom stereocenters. The lowest BCUT2D eigenvalue weighted by molar-refractivity contribution is -0.122. The Morgan fingerprint density at radius 1 is 1.28 bits per heavy atom. The maximum Gasteiger partial charge on any atom is 0.223 e. The van der Waals surface area contributed by atoms with Crippen LogP contribution in [0.3, 0.4) is 0 Å². The number of amides is 1. The predicted molar refractivity (Wildman–Crippen MR) is 112 cm³/mol. The van der Waals surface area contributed by atoms with Gasteiger partial charge in [-0.05, 0) is 31.9 Å². The number of rotatable bonds is 8. The van der Waals surface area contributed by atoms with Gasteiger partial charge in [0.25, 0.3) is 0 Å². The van der Waals surface area contributed by atoms with Crippen molar-refractivity contribution in [3.8, 4) is 5.75 Å². The number of hydrogen-bond donors (Lipinski definition) is 3. The molecule has 1 saturated carbocycles. The van der Waals surface area contributed by atoms with Gasteiger partial charge in [-0.15, -0.1) is 24.0 Å². The number of aliphatic imine (C=N–C) groups is 1. The van der Waals surface area contributed by atoms with Crippen molar-refractivity contribution in [1.82, 2.24) is 16.0 Å². The molecule has 1 aliphatic carbocycles. The molecule has 0 bridgehead atoms. The number of halogens is 2. The number of hydrogen-bond acceptors (Lipinski definition) is 3. The molecule has 1 amide bonds. The molecule has 25 heavy (non-hydrogen) atoms. The second-order valence-corrected chi connectivity index (χ2v) is 6.08. The average molecular weight is 481 g/mol.